The van der Waals surface area contributed by atoms with Crippen molar-refractivity contribution < 1.29 is 0 Å². The van der Waals surface area contributed by atoms with Gasteiger partial charge in [-0.3, -0.25) is 0 Å². The van der Waals surface area contributed by atoms with E-state index in [9.17, 15) is 0 Å². The molecule has 9 rings (SSSR count). The lowest BCUT2D eigenvalue weighted by molar-refractivity contribution is 0.402. The van der Waals surface area contributed by atoms with Crippen LogP contribution in [0.1, 0.15) is 202 Å². The van der Waals surface area contributed by atoms with Crippen LogP contribution in [-0.2, 0) is 32.5 Å². The first-order valence-electron chi connectivity index (χ1n) is 23.0. The van der Waals surface area contributed by atoms with Gasteiger partial charge < -0.3 is 9.80 Å². The van der Waals surface area contributed by atoms with Gasteiger partial charge in [0.05, 0.1) is 22.7 Å². The normalized spacial score (nSPS) is 20.1. The van der Waals surface area contributed by atoms with E-state index in [1.165, 1.54) is 101 Å². The summed E-state index contributed by atoms with van der Waals surface area (Å²) in [5.41, 5.74) is 25.4. The predicted octanol–water partition coefficient (Wildman–Crippen LogP) is 16.7. The predicted molar refractivity (Wildman–Crippen MR) is 259 cm³/mol. The van der Waals surface area contributed by atoms with Gasteiger partial charge in [0.15, 0.2) is 0 Å². The van der Waals surface area contributed by atoms with Crippen LogP contribution >= 0.6 is 0 Å². The summed E-state index contributed by atoms with van der Waals surface area (Å²) in [6.07, 6.45) is 2.29. The number of rotatable bonds is 3. The number of fused-ring (bicyclic) bond motifs is 6. The molecule has 2 nitrogen and oxygen atoms in total. The van der Waals surface area contributed by atoms with Gasteiger partial charge in [-0.2, -0.15) is 0 Å². The summed E-state index contributed by atoms with van der Waals surface area (Å²) in [6.45, 7) is 43.3. The van der Waals surface area contributed by atoms with E-state index in [1.54, 1.807) is 0 Å². The highest BCUT2D eigenvalue weighted by atomic mass is 15.2. The summed E-state index contributed by atoms with van der Waals surface area (Å²) in [5, 5.41) is 0. The molecule has 0 spiro atoms. The Hall–Kier alpha value is -4.30. The monoisotopic (exact) mass is 797 g/mol. The molecule has 5 aromatic carbocycles. The van der Waals surface area contributed by atoms with E-state index in [0.717, 1.165) is 12.8 Å². The molecular weight excluding hydrogens is 725 g/mol. The molecule has 0 saturated heterocycles. The second-order valence-electron chi connectivity index (χ2n) is 24.6. The number of aryl methyl sites for hydroxylation is 2. The first-order chi connectivity index (χ1) is 27.6. The number of nitrogens with zero attached hydrogens (tertiary/aromatic N) is 2. The maximum atomic E-state index is 2.71. The summed E-state index contributed by atoms with van der Waals surface area (Å²) in [5.74, 6) is 0.523. The lowest BCUT2D eigenvalue weighted by Crippen LogP contribution is -2.31. The molecule has 60 heavy (non-hydrogen) atoms. The van der Waals surface area contributed by atoms with Crippen LogP contribution in [0.25, 0.3) is 0 Å². The summed E-state index contributed by atoms with van der Waals surface area (Å²) in [7, 11) is 0. The van der Waals surface area contributed by atoms with Crippen molar-refractivity contribution in [1.29, 1.82) is 0 Å². The zero-order valence-electron chi connectivity index (χ0n) is 40.4. The smallest absolute Gasteiger partial charge is 0.0527 e. The maximum absolute atomic E-state index is 2.71. The highest BCUT2D eigenvalue weighted by Gasteiger charge is 2.48. The molecule has 2 heterocycles. The van der Waals surface area contributed by atoms with Crippen LogP contribution < -0.4 is 9.80 Å². The minimum Gasteiger partial charge on any atom is -0.310 e. The first kappa shape index (κ1) is 41.1. The van der Waals surface area contributed by atoms with E-state index in [4.69, 9.17) is 0 Å². The van der Waals surface area contributed by atoms with E-state index in [2.05, 4.69) is 207 Å². The molecule has 4 aliphatic rings. The van der Waals surface area contributed by atoms with Crippen molar-refractivity contribution in [1.82, 2.24) is 0 Å². The second-order valence-corrected chi connectivity index (χ2v) is 24.6. The zero-order chi connectivity index (χ0) is 43.6. The zero-order valence-corrected chi connectivity index (χ0v) is 40.4. The van der Waals surface area contributed by atoms with Gasteiger partial charge in [-0.25, -0.2) is 0 Å². The Labute approximate surface area is 363 Å². The fourth-order valence-electron chi connectivity index (χ4n) is 12.8. The standard InChI is InChI=1S/C58H72N2/c1-33(2)38-25-35(4)47(29-42(38)54(8,9)10)60-48-30-45-44(57(15,16)32-58(45,17)18)28-40(48)51-39-26-36(53(5,6)7)19-22-46(39)59(49-23-34(3)24-50(60)52(49)51)37-20-21-41-43(27-37)56(13,14)31-55(41,11)12/h19-30,33,51H,31-32H2,1-18H3. The van der Waals surface area contributed by atoms with Gasteiger partial charge in [-0.15, -0.1) is 0 Å². The third kappa shape index (κ3) is 6.00. The molecule has 2 heteroatoms. The summed E-state index contributed by atoms with van der Waals surface area (Å²) in [4.78, 5) is 5.35. The number of hydrogen-bond donors (Lipinski definition) is 0. The van der Waals surface area contributed by atoms with E-state index in [1.807, 2.05) is 0 Å². The molecule has 1 unspecified atom stereocenters. The second kappa shape index (κ2) is 12.6. The van der Waals surface area contributed by atoms with Gasteiger partial charge in [0.1, 0.15) is 0 Å². The highest BCUT2D eigenvalue weighted by Crippen LogP contribution is 2.64. The van der Waals surface area contributed by atoms with Crippen LogP contribution in [0, 0.1) is 13.8 Å². The molecule has 5 aromatic rings. The Morgan fingerprint density at radius 2 is 1.07 bits per heavy atom. The number of anilines is 6. The third-order valence-corrected chi connectivity index (χ3v) is 15.2. The molecule has 0 aromatic heterocycles. The minimum absolute atomic E-state index is 0.00549. The van der Waals surface area contributed by atoms with Crippen molar-refractivity contribution in [2.75, 3.05) is 9.80 Å². The highest BCUT2D eigenvalue weighted by molar-refractivity contribution is 5.97. The van der Waals surface area contributed by atoms with E-state index in [-0.39, 0.29) is 38.4 Å². The summed E-state index contributed by atoms with van der Waals surface area (Å²) < 4.78 is 0. The van der Waals surface area contributed by atoms with E-state index in [0.29, 0.717) is 5.92 Å². The maximum Gasteiger partial charge on any atom is 0.0527 e. The fraction of sp³-hybridized carbons (Fsp3) is 0.483. The van der Waals surface area contributed by atoms with Gasteiger partial charge in [-0.05, 0) is 169 Å². The molecule has 1 atom stereocenters. The largest absolute Gasteiger partial charge is 0.310 e. The van der Waals surface area contributed by atoms with Crippen molar-refractivity contribution in [3.05, 3.63) is 140 Å². The average Bonchev–Trinajstić information content (AvgIpc) is 3.43. The quantitative estimate of drug-likeness (QED) is 0.176. The van der Waals surface area contributed by atoms with Crippen molar-refractivity contribution in [2.24, 2.45) is 0 Å². The molecule has 0 N–H and O–H groups in total. The van der Waals surface area contributed by atoms with Crippen molar-refractivity contribution in [3.63, 3.8) is 0 Å². The minimum atomic E-state index is -0.00576. The van der Waals surface area contributed by atoms with Crippen LogP contribution in [-0.4, -0.2) is 0 Å². The van der Waals surface area contributed by atoms with Crippen LogP contribution in [0.2, 0.25) is 0 Å². The molecular formula is C58H72N2. The molecule has 314 valence electrons. The van der Waals surface area contributed by atoms with Gasteiger partial charge in [0, 0.05) is 22.9 Å². The average molecular weight is 797 g/mol. The SMILES string of the molecule is Cc1cc2c3c(c1)N(c1cc(C(C)(C)C)c(C(C)C)cc1C)c1cc4c(cc1C3c1cc(C(C)(C)C)ccc1N2c1ccc2c(c1)C(C)(C)CC2(C)C)C(C)(C)CC4(C)C. The lowest BCUT2D eigenvalue weighted by Gasteiger charge is -2.47. The third-order valence-electron chi connectivity index (χ3n) is 15.2. The van der Waals surface area contributed by atoms with Crippen molar-refractivity contribution in [2.45, 2.75) is 182 Å². The topological polar surface area (TPSA) is 6.48 Å². The summed E-state index contributed by atoms with van der Waals surface area (Å²) >= 11 is 0. The Kier molecular flexibility index (Phi) is 8.65. The Balaban J connectivity index is 1.42. The van der Waals surface area contributed by atoms with Crippen LogP contribution in [0.3, 0.4) is 0 Å². The van der Waals surface area contributed by atoms with E-state index < -0.39 is 0 Å². The lowest BCUT2D eigenvalue weighted by atomic mass is 9.72. The van der Waals surface area contributed by atoms with E-state index >= 15 is 0 Å². The molecule has 0 saturated carbocycles. The molecule has 0 radical (unpaired) electrons. The van der Waals surface area contributed by atoms with Crippen LogP contribution in [0.5, 0.6) is 0 Å². The fourth-order valence-corrected chi connectivity index (χ4v) is 12.8. The van der Waals surface area contributed by atoms with Crippen LogP contribution in [0.4, 0.5) is 34.1 Å². The molecule has 2 aliphatic carbocycles. The molecule has 0 fully saturated rings. The van der Waals surface area contributed by atoms with Crippen molar-refractivity contribution >= 4 is 34.1 Å². The van der Waals surface area contributed by atoms with Crippen molar-refractivity contribution in [3.8, 4) is 0 Å². The van der Waals surface area contributed by atoms with Crippen LogP contribution in [0.15, 0.2) is 72.8 Å². The van der Waals surface area contributed by atoms with Gasteiger partial charge in [0.25, 0.3) is 0 Å². The number of benzene rings is 5. The molecule has 2 aliphatic heterocycles. The molecule has 0 amide bonds. The van der Waals surface area contributed by atoms with Gasteiger partial charge in [0.2, 0.25) is 0 Å². The first-order valence-corrected chi connectivity index (χ1v) is 23.0. The number of hydrogen-bond acceptors (Lipinski definition) is 2. The van der Waals surface area contributed by atoms with Gasteiger partial charge >= 0.3 is 0 Å². The Bertz CT molecular complexity index is 2630. The Morgan fingerprint density at radius 1 is 0.517 bits per heavy atom. The van der Waals surface area contributed by atoms with Gasteiger partial charge in [-0.1, -0.05) is 141 Å². The Morgan fingerprint density at radius 3 is 1.65 bits per heavy atom. The summed E-state index contributed by atoms with van der Waals surface area (Å²) in [6, 6.07) is 30.3. The molecule has 0 bridgehead atoms.